The van der Waals surface area contributed by atoms with Crippen LogP contribution in [0.3, 0.4) is 0 Å². The van der Waals surface area contributed by atoms with E-state index >= 15 is 0 Å². The lowest BCUT2D eigenvalue weighted by molar-refractivity contribution is -0.384. The number of piperazine rings is 1. The van der Waals surface area contributed by atoms with Crippen LogP contribution < -0.4 is 0 Å². The number of hydrogen-bond donors (Lipinski definition) is 0. The van der Waals surface area contributed by atoms with Crippen LogP contribution in [0.2, 0.25) is 0 Å². The van der Waals surface area contributed by atoms with Crippen LogP contribution in [0.4, 0.5) is 10.1 Å². The predicted molar refractivity (Wildman–Crippen MR) is 94.2 cm³/mol. The number of amides is 1. The summed E-state index contributed by atoms with van der Waals surface area (Å²) < 4.78 is 39.4. The maximum absolute atomic E-state index is 13.0. The number of hydrogen-bond acceptors (Lipinski definition) is 5. The number of non-ortho nitro benzene ring substituents is 1. The van der Waals surface area contributed by atoms with Crippen LogP contribution in [0.1, 0.15) is 10.4 Å². The van der Waals surface area contributed by atoms with Crippen molar-refractivity contribution in [2.45, 2.75) is 4.90 Å². The number of carbonyl (C=O) groups is 1. The smallest absolute Gasteiger partial charge is 0.270 e. The largest absolute Gasteiger partial charge is 0.336 e. The van der Waals surface area contributed by atoms with E-state index in [0.717, 1.165) is 12.1 Å². The minimum atomic E-state index is -3.77. The zero-order valence-electron chi connectivity index (χ0n) is 14.1. The van der Waals surface area contributed by atoms with Crippen molar-refractivity contribution in [3.8, 4) is 0 Å². The molecule has 142 valence electrons. The molecule has 0 N–H and O–H groups in total. The van der Waals surface area contributed by atoms with E-state index in [-0.39, 0.29) is 42.3 Å². The number of nitrogens with zero attached hydrogens (tertiary/aromatic N) is 3. The number of sulfonamides is 1. The van der Waals surface area contributed by atoms with Crippen molar-refractivity contribution in [2.75, 3.05) is 26.2 Å². The first-order valence-electron chi connectivity index (χ1n) is 8.08. The van der Waals surface area contributed by atoms with Crippen LogP contribution in [0.15, 0.2) is 53.4 Å². The number of carbonyl (C=O) groups excluding carboxylic acids is 1. The van der Waals surface area contributed by atoms with Gasteiger partial charge in [0, 0.05) is 43.9 Å². The molecule has 0 unspecified atom stereocenters. The fourth-order valence-corrected chi connectivity index (χ4v) is 4.24. The number of nitro benzene ring substituents is 1. The molecule has 0 spiro atoms. The van der Waals surface area contributed by atoms with Gasteiger partial charge in [0.15, 0.2) is 0 Å². The van der Waals surface area contributed by atoms with Crippen molar-refractivity contribution in [1.82, 2.24) is 9.21 Å². The van der Waals surface area contributed by atoms with Crippen LogP contribution in [0, 0.1) is 15.9 Å². The Morgan fingerprint density at radius 3 is 2.26 bits per heavy atom. The highest BCUT2D eigenvalue weighted by molar-refractivity contribution is 7.89. The molecule has 1 fully saturated rings. The van der Waals surface area contributed by atoms with Gasteiger partial charge in [-0.1, -0.05) is 6.07 Å². The summed E-state index contributed by atoms with van der Waals surface area (Å²) in [5.74, 6) is -0.918. The van der Waals surface area contributed by atoms with Crippen molar-refractivity contribution in [2.24, 2.45) is 0 Å². The number of halogens is 1. The highest BCUT2D eigenvalue weighted by atomic mass is 32.2. The van der Waals surface area contributed by atoms with Gasteiger partial charge in [0.1, 0.15) is 5.82 Å². The molecule has 0 bridgehead atoms. The van der Waals surface area contributed by atoms with Gasteiger partial charge in [-0.15, -0.1) is 0 Å². The Hall–Kier alpha value is -2.85. The summed E-state index contributed by atoms with van der Waals surface area (Å²) in [7, 11) is -3.77. The molecule has 10 heteroatoms. The van der Waals surface area contributed by atoms with E-state index in [1.54, 1.807) is 0 Å². The maximum atomic E-state index is 13.0. The summed E-state index contributed by atoms with van der Waals surface area (Å²) in [6.45, 7) is 0.477. The molecule has 1 aliphatic rings. The molecule has 0 aromatic heterocycles. The van der Waals surface area contributed by atoms with E-state index in [1.807, 2.05) is 0 Å². The lowest BCUT2D eigenvalue weighted by Crippen LogP contribution is -2.50. The molecular weight excluding hydrogens is 377 g/mol. The average molecular weight is 393 g/mol. The van der Waals surface area contributed by atoms with Crippen molar-refractivity contribution < 1.29 is 22.5 Å². The molecule has 2 aromatic rings. The van der Waals surface area contributed by atoms with Gasteiger partial charge in [-0.25, -0.2) is 12.8 Å². The van der Waals surface area contributed by atoms with Gasteiger partial charge in [-0.2, -0.15) is 4.31 Å². The third-order valence-electron chi connectivity index (χ3n) is 4.28. The summed E-state index contributed by atoms with van der Waals surface area (Å²) in [5, 5.41) is 10.8. The zero-order chi connectivity index (χ0) is 19.6. The van der Waals surface area contributed by atoms with Crippen LogP contribution in [0.25, 0.3) is 0 Å². The number of rotatable bonds is 4. The van der Waals surface area contributed by atoms with Gasteiger partial charge in [0.25, 0.3) is 11.6 Å². The Balaban J connectivity index is 1.69. The van der Waals surface area contributed by atoms with E-state index in [9.17, 15) is 27.7 Å². The Kier molecular flexibility index (Phi) is 5.19. The predicted octanol–water partition coefficient (Wildman–Crippen LogP) is 1.88. The molecule has 2 aromatic carbocycles. The van der Waals surface area contributed by atoms with E-state index in [4.69, 9.17) is 0 Å². The van der Waals surface area contributed by atoms with Gasteiger partial charge < -0.3 is 4.90 Å². The number of benzene rings is 2. The van der Waals surface area contributed by atoms with Crippen LogP contribution in [0.5, 0.6) is 0 Å². The van der Waals surface area contributed by atoms with Gasteiger partial charge in [-0.05, 0) is 30.3 Å². The molecule has 1 aliphatic heterocycles. The van der Waals surface area contributed by atoms with Gasteiger partial charge in [-0.3, -0.25) is 14.9 Å². The van der Waals surface area contributed by atoms with Crippen molar-refractivity contribution >= 4 is 21.6 Å². The van der Waals surface area contributed by atoms with Crippen LogP contribution >= 0.6 is 0 Å². The topological polar surface area (TPSA) is 101 Å². The van der Waals surface area contributed by atoms with Crippen LogP contribution in [-0.2, 0) is 10.0 Å². The van der Waals surface area contributed by atoms with Gasteiger partial charge >= 0.3 is 0 Å². The second kappa shape index (κ2) is 7.41. The van der Waals surface area contributed by atoms with E-state index in [1.165, 1.54) is 45.6 Å². The van der Waals surface area contributed by atoms with Gasteiger partial charge in [0.2, 0.25) is 10.0 Å². The number of nitro groups is 1. The molecule has 27 heavy (non-hydrogen) atoms. The summed E-state index contributed by atoms with van der Waals surface area (Å²) in [6.07, 6.45) is 0. The Morgan fingerprint density at radius 1 is 1.04 bits per heavy atom. The Morgan fingerprint density at radius 2 is 1.67 bits per heavy atom. The van der Waals surface area contributed by atoms with E-state index in [2.05, 4.69) is 0 Å². The first kappa shape index (κ1) is 18.9. The third kappa shape index (κ3) is 3.96. The average Bonchev–Trinajstić information content (AvgIpc) is 2.68. The Bertz CT molecular complexity index is 970. The summed E-state index contributed by atoms with van der Waals surface area (Å²) in [4.78, 5) is 24.2. The normalized spacial score (nSPS) is 15.5. The second-order valence-corrected chi connectivity index (χ2v) is 7.90. The fourth-order valence-electron chi connectivity index (χ4n) is 2.82. The van der Waals surface area contributed by atoms with Crippen molar-refractivity contribution in [3.63, 3.8) is 0 Å². The lowest BCUT2D eigenvalue weighted by Gasteiger charge is -2.34. The first-order chi connectivity index (χ1) is 12.8. The minimum Gasteiger partial charge on any atom is -0.336 e. The fraction of sp³-hybridized carbons (Fsp3) is 0.235. The molecule has 0 atom stereocenters. The molecule has 1 saturated heterocycles. The molecule has 0 radical (unpaired) electrons. The molecule has 8 nitrogen and oxygen atoms in total. The second-order valence-electron chi connectivity index (χ2n) is 5.96. The molecule has 0 saturated carbocycles. The third-order valence-corrected chi connectivity index (χ3v) is 6.19. The van der Waals surface area contributed by atoms with Crippen molar-refractivity contribution in [3.05, 3.63) is 70.0 Å². The molecular formula is C17H16FN3O5S. The highest BCUT2D eigenvalue weighted by Crippen LogP contribution is 2.20. The standard InChI is InChI=1S/C17H16FN3O5S/c18-14-4-6-16(7-5-14)27(25,26)20-10-8-19(9-11-20)17(22)13-2-1-3-15(12-13)21(23)24/h1-7,12H,8-11H2. The monoisotopic (exact) mass is 393 g/mol. The van der Waals surface area contributed by atoms with E-state index < -0.39 is 26.7 Å². The Labute approximate surface area is 155 Å². The maximum Gasteiger partial charge on any atom is 0.270 e. The van der Waals surface area contributed by atoms with E-state index in [0.29, 0.717) is 0 Å². The first-order valence-corrected chi connectivity index (χ1v) is 9.52. The van der Waals surface area contributed by atoms with Crippen LogP contribution in [-0.4, -0.2) is 54.6 Å². The SMILES string of the molecule is O=C(c1cccc([N+](=O)[O-])c1)N1CCN(S(=O)(=O)c2ccc(F)cc2)CC1. The highest BCUT2D eigenvalue weighted by Gasteiger charge is 2.30. The minimum absolute atomic E-state index is 0.0117. The van der Waals surface area contributed by atoms with Gasteiger partial charge in [0.05, 0.1) is 9.82 Å². The summed E-state index contributed by atoms with van der Waals surface area (Å²) in [6, 6.07) is 9.96. The van der Waals surface area contributed by atoms with Crippen molar-refractivity contribution in [1.29, 1.82) is 0 Å². The molecule has 1 heterocycles. The molecule has 3 rings (SSSR count). The zero-order valence-corrected chi connectivity index (χ0v) is 14.9. The summed E-state index contributed by atoms with van der Waals surface area (Å²) in [5.41, 5.74) is -0.00239. The molecule has 1 amide bonds. The lowest BCUT2D eigenvalue weighted by atomic mass is 10.1. The molecule has 0 aliphatic carbocycles. The summed E-state index contributed by atoms with van der Waals surface area (Å²) >= 11 is 0. The quantitative estimate of drug-likeness (QED) is 0.583.